The van der Waals surface area contributed by atoms with Gasteiger partial charge in [0.2, 0.25) is 5.16 Å². The van der Waals surface area contributed by atoms with Crippen molar-refractivity contribution in [2.45, 2.75) is 63.6 Å². The zero-order valence-corrected chi connectivity index (χ0v) is 17.3. The van der Waals surface area contributed by atoms with Crippen LogP contribution in [0.2, 0.25) is 0 Å². The van der Waals surface area contributed by atoms with Gasteiger partial charge in [-0.1, -0.05) is 51.1 Å². The smallest absolute Gasteiger partial charge is 0.210 e. The van der Waals surface area contributed by atoms with Crippen molar-refractivity contribution in [1.82, 2.24) is 35.1 Å². The van der Waals surface area contributed by atoms with E-state index in [1.54, 1.807) is 0 Å². The van der Waals surface area contributed by atoms with Crippen LogP contribution in [0.5, 0.6) is 5.75 Å². The highest BCUT2D eigenvalue weighted by Crippen LogP contribution is 2.21. The molecule has 3 aromatic rings. The van der Waals surface area contributed by atoms with E-state index in [0.717, 1.165) is 31.0 Å². The van der Waals surface area contributed by atoms with E-state index in [9.17, 15) is 0 Å². The van der Waals surface area contributed by atoms with Crippen molar-refractivity contribution >= 4 is 11.8 Å². The standard InChI is InChI=1S/C18H26N8OS/c1-4-5-10-25-17(21-23-24-25)12-28-18-22-20-16(26(18)19)11-27-15-8-6-14(7-9-15)13(2)3/h6-9,13H,4-5,10-12,19H2,1-3H3. The molecule has 0 aliphatic heterocycles. The molecule has 0 fully saturated rings. The van der Waals surface area contributed by atoms with Gasteiger partial charge in [0.1, 0.15) is 12.4 Å². The molecule has 2 heterocycles. The second-order valence-corrected chi connectivity index (χ2v) is 7.68. The Labute approximate surface area is 168 Å². The van der Waals surface area contributed by atoms with Crippen LogP contribution in [0.15, 0.2) is 29.4 Å². The van der Waals surface area contributed by atoms with E-state index in [1.165, 1.54) is 22.0 Å². The van der Waals surface area contributed by atoms with Crippen molar-refractivity contribution in [3.63, 3.8) is 0 Å². The number of tetrazole rings is 1. The molecule has 10 heteroatoms. The van der Waals surface area contributed by atoms with Gasteiger partial charge in [0.25, 0.3) is 0 Å². The molecule has 0 saturated carbocycles. The molecule has 28 heavy (non-hydrogen) atoms. The molecule has 9 nitrogen and oxygen atoms in total. The quantitative estimate of drug-likeness (QED) is 0.407. The first-order valence-electron chi connectivity index (χ1n) is 9.38. The molecule has 0 radical (unpaired) electrons. The van der Waals surface area contributed by atoms with Crippen LogP contribution in [0.1, 0.15) is 56.7 Å². The number of ether oxygens (including phenoxy) is 1. The molecule has 0 amide bonds. The van der Waals surface area contributed by atoms with Gasteiger partial charge in [-0.15, -0.1) is 15.3 Å². The van der Waals surface area contributed by atoms with Gasteiger partial charge >= 0.3 is 0 Å². The number of hydrogen-bond acceptors (Lipinski definition) is 8. The molecule has 0 spiro atoms. The fourth-order valence-corrected chi connectivity index (χ4v) is 3.35. The fraction of sp³-hybridized carbons (Fsp3) is 0.500. The van der Waals surface area contributed by atoms with Crippen LogP contribution in [0.25, 0.3) is 0 Å². The van der Waals surface area contributed by atoms with Gasteiger partial charge in [0.05, 0.1) is 5.75 Å². The Bertz CT molecular complexity index is 874. The third-order valence-corrected chi connectivity index (χ3v) is 5.25. The van der Waals surface area contributed by atoms with E-state index in [2.05, 4.69) is 58.6 Å². The van der Waals surface area contributed by atoms with E-state index in [0.29, 0.717) is 22.7 Å². The lowest BCUT2D eigenvalue weighted by molar-refractivity contribution is 0.291. The lowest BCUT2D eigenvalue weighted by atomic mass is 10.0. The summed E-state index contributed by atoms with van der Waals surface area (Å²) >= 11 is 1.45. The maximum absolute atomic E-state index is 6.12. The summed E-state index contributed by atoms with van der Waals surface area (Å²) in [5.74, 6) is 9.31. The molecule has 1 aromatic carbocycles. The van der Waals surface area contributed by atoms with Gasteiger partial charge in [0, 0.05) is 6.54 Å². The second kappa shape index (κ2) is 9.54. The lowest BCUT2D eigenvalue weighted by Gasteiger charge is -2.09. The minimum Gasteiger partial charge on any atom is -0.486 e. The summed E-state index contributed by atoms with van der Waals surface area (Å²) in [6.45, 7) is 7.52. The number of nitrogens with two attached hydrogens (primary N) is 1. The predicted molar refractivity (Wildman–Crippen MR) is 107 cm³/mol. The Morgan fingerprint density at radius 2 is 1.89 bits per heavy atom. The normalized spacial score (nSPS) is 11.3. The van der Waals surface area contributed by atoms with E-state index >= 15 is 0 Å². The van der Waals surface area contributed by atoms with E-state index < -0.39 is 0 Å². The summed E-state index contributed by atoms with van der Waals surface area (Å²) in [7, 11) is 0. The minimum atomic E-state index is 0.249. The molecule has 0 aliphatic carbocycles. The van der Waals surface area contributed by atoms with Crippen molar-refractivity contribution in [1.29, 1.82) is 0 Å². The summed E-state index contributed by atoms with van der Waals surface area (Å²) < 4.78 is 9.06. The van der Waals surface area contributed by atoms with Crippen molar-refractivity contribution in [3.8, 4) is 5.75 Å². The van der Waals surface area contributed by atoms with Gasteiger partial charge in [0.15, 0.2) is 11.6 Å². The number of nitrogens with zero attached hydrogens (tertiary/aromatic N) is 7. The summed E-state index contributed by atoms with van der Waals surface area (Å²) in [6, 6.07) is 8.05. The molecule has 0 saturated heterocycles. The first-order chi connectivity index (χ1) is 13.6. The Balaban J connectivity index is 1.56. The molecule has 2 aromatic heterocycles. The minimum absolute atomic E-state index is 0.249. The number of aryl methyl sites for hydroxylation is 1. The first-order valence-corrected chi connectivity index (χ1v) is 10.4. The monoisotopic (exact) mass is 402 g/mol. The van der Waals surface area contributed by atoms with Gasteiger partial charge in [-0.05, 0) is 40.5 Å². The molecule has 150 valence electrons. The number of hydrogen-bond donors (Lipinski definition) is 1. The maximum atomic E-state index is 6.12. The molecule has 3 rings (SSSR count). The van der Waals surface area contributed by atoms with Gasteiger partial charge in [-0.25, -0.2) is 9.36 Å². The highest BCUT2D eigenvalue weighted by molar-refractivity contribution is 7.98. The number of rotatable bonds is 10. The van der Waals surface area contributed by atoms with Crippen molar-refractivity contribution in [3.05, 3.63) is 41.5 Å². The SMILES string of the molecule is CCCCn1nnnc1CSc1nnc(COc2ccc(C(C)C)cc2)n1N. The Morgan fingerprint density at radius 1 is 1.11 bits per heavy atom. The molecular weight excluding hydrogens is 376 g/mol. The molecule has 0 unspecified atom stereocenters. The second-order valence-electron chi connectivity index (χ2n) is 6.74. The lowest BCUT2D eigenvalue weighted by Crippen LogP contribution is -2.16. The maximum Gasteiger partial charge on any atom is 0.210 e. The summed E-state index contributed by atoms with van der Waals surface area (Å²) in [5, 5.41) is 20.7. The van der Waals surface area contributed by atoms with E-state index in [1.807, 2.05) is 16.8 Å². The molecule has 0 bridgehead atoms. The number of benzene rings is 1. The van der Waals surface area contributed by atoms with Crippen LogP contribution in [0.4, 0.5) is 0 Å². The van der Waals surface area contributed by atoms with Crippen LogP contribution >= 0.6 is 11.8 Å². The van der Waals surface area contributed by atoms with Crippen LogP contribution in [0.3, 0.4) is 0 Å². The van der Waals surface area contributed by atoms with Crippen LogP contribution in [-0.2, 0) is 18.9 Å². The fourth-order valence-electron chi connectivity index (χ4n) is 2.54. The van der Waals surface area contributed by atoms with E-state index in [-0.39, 0.29) is 6.61 Å². The average molecular weight is 403 g/mol. The average Bonchev–Trinajstić information content (AvgIpc) is 3.29. The van der Waals surface area contributed by atoms with Crippen LogP contribution in [-0.4, -0.2) is 35.1 Å². The first kappa shape index (κ1) is 20.1. The summed E-state index contributed by atoms with van der Waals surface area (Å²) in [5.41, 5.74) is 1.27. The zero-order chi connectivity index (χ0) is 19.9. The number of aromatic nitrogens is 7. The Kier molecular flexibility index (Phi) is 6.85. The Morgan fingerprint density at radius 3 is 2.61 bits per heavy atom. The number of thioether (sulfide) groups is 1. The van der Waals surface area contributed by atoms with Crippen LogP contribution < -0.4 is 10.6 Å². The van der Waals surface area contributed by atoms with Crippen molar-refractivity contribution < 1.29 is 4.74 Å². The van der Waals surface area contributed by atoms with Crippen molar-refractivity contribution in [2.24, 2.45) is 0 Å². The molecule has 2 N–H and O–H groups in total. The third-order valence-electron chi connectivity index (χ3n) is 4.31. The summed E-state index contributed by atoms with van der Waals surface area (Å²) in [6.07, 6.45) is 2.13. The third kappa shape index (κ3) is 5.00. The van der Waals surface area contributed by atoms with Gasteiger partial charge in [-0.3, -0.25) is 0 Å². The highest BCUT2D eigenvalue weighted by atomic mass is 32.2. The predicted octanol–water partition coefficient (Wildman–Crippen LogP) is 2.77. The van der Waals surface area contributed by atoms with E-state index in [4.69, 9.17) is 10.6 Å². The van der Waals surface area contributed by atoms with Crippen LogP contribution in [0, 0.1) is 0 Å². The Hall–Kier alpha value is -2.62. The van der Waals surface area contributed by atoms with Crippen molar-refractivity contribution in [2.75, 3.05) is 5.84 Å². The molecule has 0 atom stereocenters. The van der Waals surface area contributed by atoms with Gasteiger partial charge < -0.3 is 10.6 Å². The number of nitrogen functional groups attached to an aromatic ring is 1. The summed E-state index contributed by atoms with van der Waals surface area (Å²) in [4.78, 5) is 0. The zero-order valence-electron chi connectivity index (χ0n) is 16.4. The van der Waals surface area contributed by atoms with Gasteiger partial charge in [-0.2, -0.15) is 0 Å². The molecule has 0 aliphatic rings. The highest BCUT2D eigenvalue weighted by Gasteiger charge is 2.13. The largest absolute Gasteiger partial charge is 0.486 e. The molecular formula is C18H26N8OS. The number of unbranched alkanes of at least 4 members (excludes halogenated alkanes) is 1. The topological polar surface area (TPSA) is 110 Å².